The molecule has 1 heterocycles. The molecule has 0 unspecified atom stereocenters. The summed E-state index contributed by atoms with van der Waals surface area (Å²) in [6, 6.07) is 8.38. The lowest BCUT2D eigenvalue weighted by atomic mass is 10.1. The Morgan fingerprint density at radius 2 is 2.20 bits per heavy atom. The number of phenols is 1. The van der Waals surface area contributed by atoms with E-state index in [-0.39, 0.29) is 5.75 Å². The molecule has 1 aromatic heterocycles. The third-order valence-corrected chi connectivity index (χ3v) is 2.99. The van der Waals surface area contributed by atoms with Gasteiger partial charge in [0.05, 0.1) is 17.8 Å². The molecule has 0 saturated carbocycles. The van der Waals surface area contributed by atoms with Crippen LogP contribution in [0.5, 0.6) is 11.5 Å². The van der Waals surface area contributed by atoms with E-state index in [0.717, 1.165) is 0 Å². The molecule has 0 radical (unpaired) electrons. The molecule has 1 aromatic carbocycles. The molecule has 104 valence electrons. The van der Waals surface area contributed by atoms with Crippen molar-refractivity contribution in [1.82, 2.24) is 4.98 Å². The molecule has 0 aliphatic heterocycles. The number of hydrogen-bond donors (Lipinski definition) is 2. The summed E-state index contributed by atoms with van der Waals surface area (Å²) >= 11 is 5.97. The quantitative estimate of drug-likeness (QED) is 0.670. The minimum absolute atomic E-state index is 0.126. The number of aromatic nitrogens is 1. The van der Waals surface area contributed by atoms with Gasteiger partial charge in [-0.15, -0.1) is 0 Å². The Bertz CT molecular complexity index is 644. The SMILES string of the molecule is COc1ccc(O)c(C(C)=NNc2ncccc2Cl)c1. The fourth-order valence-corrected chi connectivity index (χ4v) is 1.76. The van der Waals surface area contributed by atoms with Crippen LogP contribution in [0.1, 0.15) is 12.5 Å². The first-order valence-electron chi connectivity index (χ1n) is 5.90. The number of aromatic hydroxyl groups is 1. The molecule has 2 aromatic rings. The van der Waals surface area contributed by atoms with Crippen molar-refractivity contribution in [2.45, 2.75) is 6.92 Å². The zero-order valence-corrected chi connectivity index (χ0v) is 11.8. The predicted molar refractivity (Wildman–Crippen MR) is 79.7 cm³/mol. The van der Waals surface area contributed by atoms with Crippen molar-refractivity contribution in [1.29, 1.82) is 0 Å². The van der Waals surface area contributed by atoms with Crippen molar-refractivity contribution in [3.8, 4) is 11.5 Å². The molecule has 0 amide bonds. The van der Waals surface area contributed by atoms with Gasteiger partial charge < -0.3 is 9.84 Å². The van der Waals surface area contributed by atoms with E-state index in [1.165, 1.54) is 0 Å². The Hall–Kier alpha value is -2.27. The molecule has 0 fully saturated rings. The van der Waals surface area contributed by atoms with Crippen molar-refractivity contribution in [3.05, 3.63) is 47.1 Å². The maximum atomic E-state index is 9.85. The normalized spacial score (nSPS) is 11.2. The highest BCUT2D eigenvalue weighted by Gasteiger charge is 2.07. The summed E-state index contributed by atoms with van der Waals surface area (Å²) in [4.78, 5) is 4.06. The third kappa shape index (κ3) is 3.19. The lowest BCUT2D eigenvalue weighted by Crippen LogP contribution is -2.02. The number of rotatable bonds is 4. The van der Waals surface area contributed by atoms with Crippen molar-refractivity contribution in [2.24, 2.45) is 5.10 Å². The van der Waals surface area contributed by atoms with Crippen LogP contribution in [0.2, 0.25) is 5.02 Å². The summed E-state index contributed by atoms with van der Waals surface area (Å²) in [7, 11) is 1.56. The lowest BCUT2D eigenvalue weighted by molar-refractivity contribution is 0.412. The van der Waals surface area contributed by atoms with Gasteiger partial charge in [-0.25, -0.2) is 4.98 Å². The van der Waals surface area contributed by atoms with Gasteiger partial charge in [0.15, 0.2) is 5.82 Å². The summed E-state index contributed by atoms with van der Waals surface area (Å²) < 4.78 is 5.12. The van der Waals surface area contributed by atoms with Crippen LogP contribution in [0, 0.1) is 0 Å². The predicted octanol–water partition coefficient (Wildman–Crippen LogP) is 3.29. The maximum Gasteiger partial charge on any atom is 0.165 e. The Kier molecular flexibility index (Phi) is 4.42. The summed E-state index contributed by atoms with van der Waals surface area (Å²) in [5.74, 6) is 1.22. The Balaban J connectivity index is 2.25. The average Bonchev–Trinajstić information content (AvgIpc) is 2.46. The van der Waals surface area contributed by atoms with E-state index in [0.29, 0.717) is 27.9 Å². The number of nitrogens with zero attached hydrogens (tertiary/aromatic N) is 2. The summed E-state index contributed by atoms with van der Waals surface area (Å²) in [6.45, 7) is 1.76. The fraction of sp³-hybridized carbons (Fsp3) is 0.143. The van der Waals surface area contributed by atoms with Crippen LogP contribution in [0.25, 0.3) is 0 Å². The molecule has 0 aliphatic rings. The smallest absolute Gasteiger partial charge is 0.165 e. The molecule has 2 N–H and O–H groups in total. The minimum Gasteiger partial charge on any atom is -0.507 e. The van der Waals surface area contributed by atoms with Gasteiger partial charge in [0.1, 0.15) is 11.5 Å². The second-order valence-corrected chi connectivity index (χ2v) is 4.43. The highest BCUT2D eigenvalue weighted by molar-refractivity contribution is 6.32. The number of nitrogens with one attached hydrogen (secondary N) is 1. The highest BCUT2D eigenvalue weighted by Crippen LogP contribution is 2.24. The van der Waals surface area contributed by atoms with Crippen LogP contribution in [0.4, 0.5) is 5.82 Å². The number of pyridine rings is 1. The summed E-state index contributed by atoms with van der Waals surface area (Å²) in [5, 5.41) is 14.5. The second-order valence-electron chi connectivity index (χ2n) is 4.03. The van der Waals surface area contributed by atoms with Gasteiger partial charge in [-0.3, -0.25) is 5.43 Å². The number of hydrazone groups is 1. The van der Waals surface area contributed by atoms with Crippen LogP contribution in [-0.4, -0.2) is 22.9 Å². The van der Waals surface area contributed by atoms with Crippen LogP contribution < -0.4 is 10.2 Å². The van der Waals surface area contributed by atoms with E-state index in [1.807, 2.05) is 0 Å². The van der Waals surface area contributed by atoms with Crippen LogP contribution in [0.3, 0.4) is 0 Å². The van der Waals surface area contributed by atoms with Gasteiger partial charge in [0.25, 0.3) is 0 Å². The molecule has 2 rings (SSSR count). The first-order valence-corrected chi connectivity index (χ1v) is 6.28. The summed E-state index contributed by atoms with van der Waals surface area (Å²) in [6.07, 6.45) is 1.61. The molecular formula is C14H14ClN3O2. The maximum absolute atomic E-state index is 9.85. The monoisotopic (exact) mass is 291 g/mol. The van der Waals surface area contributed by atoms with Gasteiger partial charge in [0, 0.05) is 11.8 Å². The molecular weight excluding hydrogens is 278 g/mol. The number of hydrogen-bond acceptors (Lipinski definition) is 5. The van der Waals surface area contributed by atoms with E-state index in [4.69, 9.17) is 16.3 Å². The van der Waals surface area contributed by atoms with Crippen molar-refractivity contribution >= 4 is 23.1 Å². The molecule has 6 heteroatoms. The van der Waals surface area contributed by atoms with Crippen LogP contribution >= 0.6 is 11.6 Å². The van der Waals surface area contributed by atoms with Gasteiger partial charge in [-0.1, -0.05) is 11.6 Å². The Morgan fingerprint density at radius 3 is 2.90 bits per heavy atom. The van der Waals surface area contributed by atoms with Gasteiger partial charge >= 0.3 is 0 Å². The highest BCUT2D eigenvalue weighted by atomic mass is 35.5. The van der Waals surface area contributed by atoms with Gasteiger partial charge in [-0.05, 0) is 37.3 Å². The topological polar surface area (TPSA) is 66.7 Å². The summed E-state index contributed by atoms with van der Waals surface area (Å²) in [5.41, 5.74) is 3.93. The first kappa shape index (κ1) is 14.1. The zero-order chi connectivity index (χ0) is 14.5. The van der Waals surface area contributed by atoms with Crippen LogP contribution in [-0.2, 0) is 0 Å². The van der Waals surface area contributed by atoms with E-state index in [1.54, 1.807) is 50.6 Å². The number of benzene rings is 1. The number of halogens is 1. The van der Waals surface area contributed by atoms with Crippen molar-refractivity contribution in [3.63, 3.8) is 0 Å². The first-order chi connectivity index (χ1) is 9.61. The number of phenolic OH excluding ortho intramolecular Hbond substituents is 1. The number of methoxy groups -OCH3 is 1. The molecule has 0 aliphatic carbocycles. The second kappa shape index (κ2) is 6.25. The standard InChI is InChI=1S/C14H14ClN3O2/c1-9(11-8-10(20-2)5-6-13(11)19)17-18-14-12(15)4-3-7-16-14/h3-8,19H,1-2H3,(H,16,18). The van der Waals surface area contributed by atoms with Crippen LogP contribution in [0.15, 0.2) is 41.6 Å². The molecule has 0 spiro atoms. The Labute approximate surface area is 121 Å². The molecule has 5 nitrogen and oxygen atoms in total. The van der Waals surface area contributed by atoms with E-state index < -0.39 is 0 Å². The average molecular weight is 292 g/mol. The number of anilines is 1. The van der Waals surface area contributed by atoms with E-state index >= 15 is 0 Å². The third-order valence-electron chi connectivity index (χ3n) is 2.68. The fourth-order valence-electron chi connectivity index (χ4n) is 1.60. The number of ether oxygens (including phenoxy) is 1. The van der Waals surface area contributed by atoms with Gasteiger partial charge in [0.2, 0.25) is 0 Å². The van der Waals surface area contributed by atoms with E-state index in [2.05, 4.69) is 15.5 Å². The van der Waals surface area contributed by atoms with Crippen molar-refractivity contribution in [2.75, 3.05) is 12.5 Å². The largest absolute Gasteiger partial charge is 0.507 e. The van der Waals surface area contributed by atoms with Crippen molar-refractivity contribution < 1.29 is 9.84 Å². The Morgan fingerprint density at radius 1 is 1.40 bits per heavy atom. The zero-order valence-electron chi connectivity index (χ0n) is 11.1. The minimum atomic E-state index is 0.126. The lowest BCUT2D eigenvalue weighted by Gasteiger charge is -2.08. The van der Waals surface area contributed by atoms with Gasteiger partial charge in [-0.2, -0.15) is 5.10 Å². The molecule has 20 heavy (non-hydrogen) atoms. The van der Waals surface area contributed by atoms with E-state index in [9.17, 15) is 5.11 Å². The molecule has 0 atom stereocenters. The molecule has 0 bridgehead atoms. The molecule has 0 saturated heterocycles.